The molecule has 0 aromatic carbocycles. The van der Waals surface area contributed by atoms with E-state index in [9.17, 15) is 9.59 Å². The molecule has 0 atom stereocenters. The molecule has 1 saturated carbocycles. The minimum absolute atomic E-state index is 0.0255. The van der Waals surface area contributed by atoms with Gasteiger partial charge < -0.3 is 5.32 Å². The smallest absolute Gasteiger partial charge is 0.330 e. The average molecular weight is 428 g/mol. The summed E-state index contributed by atoms with van der Waals surface area (Å²) in [5.74, 6) is 0.273. The first-order chi connectivity index (χ1) is 14.3. The third kappa shape index (κ3) is 3.99. The third-order valence-corrected chi connectivity index (χ3v) is 6.25. The van der Waals surface area contributed by atoms with Crippen LogP contribution in [0.25, 0.3) is 11.2 Å². The summed E-state index contributed by atoms with van der Waals surface area (Å²) >= 11 is 5.99. The van der Waals surface area contributed by atoms with Gasteiger partial charge in [0.2, 0.25) is 0 Å². The van der Waals surface area contributed by atoms with Gasteiger partial charge in [-0.05, 0) is 63.6 Å². The summed E-state index contributed by atoms with van der Waals surface area (Å²) in [5.41, 5.74) is 3.68. The predicted octanol–water partition coefficient (Wildman–Crippen LogP) is 3.39. The van der Waals surface area contributed by atoms with Crippen LogP contribution in [0.15, 0.2) is 29.2 Å². The average Bonchev–Trinajstić information content (AvgIpc) is 2.95. The van der Waals surface area contributed by atoms with Gasteiger partial charge in [0, 0.05) is 31.5 Å². The maximum atomic E-state index is 12.7. The zero-order valence-corrected chi connectivity index (χ0v) is 18.2. The van der Waals surface area contributed by atoms with Gasteiger partial charge in [-0.3, -0.25) is 18.9 Å². The highest BCUT2D eigenvalue weighted by Gasteiger charge is 2.25. The molecular formula is C22H26ClN5O2. The number of rotatable bonds is 4. The molecule has 0 bridgehead atoms. The van der Waals surface area contributed by atoms with E-state index in [0.29, 0.717) is 28.7 Å². The number of carbonyl (C=O) groups is 1. The van der Waals surface area contributed by atoms with Crippen molar-refractivity contribution < 1.29 is 4.79 Å². The van der Waals surface area contributed by atoms with E-state index in [1.807, 2.05) is 23.6 Å². The summed E-state index contributed by atoms with van der Waals surface area (Å²) in [6.45, 7) is 4.41. The summed E-state index contributed by atoms with van der Waals surface area (Å²) in [6, 6.07) is 5.71. The van der Waals surface area contributed by atoms with E-state index in [4.69, 9.17) is 11.6 Å². The molecule has 0 spiro atoms. The molecule has 3 aromatic heterocycles. The molecule has 0 unspecified atom stereocenters. The topological polar surface area (TPSA) is 81.8 Å². The van der Waals surface area contributed by atoms with Crippen molar-refractivity contribution >= 4 is 28.7 Å². The number of amides is 1. The lowest BCUT2D eigenvalue weighted by Gasteiger charge is -2.29. The first-order valence-electron chi connectivity index (χ1n) is 10.3. The number of hydrogen-bond acceptors (Lipinski definition) is 4. The number of halogens is 1. The molecule has 158 valence electrons. The van der Waals surface area contributed by atoms with Gasteiger partial charge >= 0.3 is 5.69 Å². The van der Waals surface area contributed by atoms with Crippen LogP contribution in [0.4, 0.5) is 0 Å². The van der Waals surface area contributed by atoms with Crippen LogP contribution in [0.2, 0.25) is 5.02 Å². The Morgan fingerprint density at radius 1 is 1.23 bits per heavy atom. The first-order valence-corrected chi connectivity index (χ1v) is 10.7. The summed E-state index contributed by atoms with van der Waals surface area (Å²) in [4.78, 5) is 34.0. The molecule has 30 heavy (non-hydrogen) atoms. The van der Waals surface area contributed by atoms with Gasteiger partial charge in [0.05, 0.1) is 21.8 Å². The summed E-state index contributed by atoms with van der Waals surface area (Å²) in [7, 11) is 1.77. The van der Waals surface area contributed by atoms with Crippen LogP contribution in [0.5, 0.6) is 0 Å². The lowest BCUT2D eigenvalue weighted by atomic mass is 9.85. The lowest BCUT2D eigenvalue weighted by Crippen LogP contribution is -2.39. The zero-order valence-electron chi connectivity index (χ0n) is 17.5. The quantitative estimate of drug-likeness (QED) is 0.691. The van der Waals surface area contributed by atoms with Crippen molar-refractivity contribution in [2.45, 2.75) is 52.1 Å². The SMILES string of the molecule is Cc1ccc2c(n1)n(C)c(=O)n2C[C@H]1CC[C@H](NC(=O)c2cc(Cl)cnc2C)CC1. The van der Waals surface area contributed by atoms with Gasteiger partial charge in [-0.1, -0.05) is 11.6 Å². The second kappa shape index (κ2) is 8.22. The molecule has 1 N–H and O–H groups in total. The zero-order chi connectivity index (χ0) is 21.4. The van der Waals surface area contributed by atoms with Gasteiger partial charge in [-0.15, -0.1) is 0 Å². The highest BCUT2D eigenvalue weighted by atomic mass is 35.5. The number of imidazole rings is 1. The summed E-state index contributed by atoms with van der Waals surface area (Å²) < 4.78 is 3.46. The number of aryl methyl sites for hydroxylation is 3. The normalized spacial score (nSPS) is 19.2. The van der Waals surface area contributed by atoms with Gasteiger partial charge in [0.25, 0.3) is 5.91 Å². The van der Waals surface area contributed by atoms with Gasteiger partial charge in [-0.25, -0.2) is 9.78 Å². The molecule has 3 heterocycles. The number of hydrogen-bond donors (Lipinski definition) is 1. The minimum atomic E-state index is -0.127. The Morgan fingerprint density at radius 3 is 2.70 bits per heavy atom. The number of aromatic nitrogens is 4. The van der Waals surface area contributed by atoms with Crippen LogP contribution in [0.1, 0.15) is 47.4 Å². The van der Waals surface area contributed by atoms with Crippen molar-refractivity contribution in [2.24, 2.45) is 13.0 Å². The maximum absolute atomic E-state index is 12.7. The fourth-order valence-corrected chi connectivity index (χ4v) is 4.45. The van der Waals surface area contributed by atoms with Gasteiger partial charge in [-0.2, -0.15) is 0 Å². The Hall–Kier alpha value is -2.67. The third-order valence-electron chi connectivity index (χ3n) is 6.04. The fourth-order valence-electron chi connectivity index (χ4n) is 4.29. The number of fused-ring (bicyclic) bond motifs is 1. The second-order valence-corrected chi connectivity index (χ2v) is 8.66. The van der Waals surface area contributed by atoms with E-state index in [1.165, 1.54) is 0 Å². The van der Waals surface area contributed by atoms with Crippen molar-refractivity contribution in [2.75, 3.05) is 0 Å². The van der Waals surface area contributed by atoms with Crippen LogP contribution >= 0.6 is 11.6 Å². The lowest BCUT2D eigenvalue weighted by molar-refractivity contribution is 0.0919. The molecule has 7 nitrogen and oxygen atoms in total. The van der Waals surface area contributed by atoms with Crippen LogP contribution in [-0.4, -0.2) is 31.1 Å². The molecule has 1 amide bonds. The van der Waals surface area contributed by atoms with Crippen LogP contribution < -0.4 is 11.0 Å². The molecule has 0 aliphatic heterocycles. The molecule has 8 heteroatoms. The van der Waals surface area contributed by atoms with E-state index in [2.05, 4.69) is 15.3 Å². The van der Waals surface area contributed by atoms with Crippen LogP contribution in [-0.2, 0) is 13.6 Å². The number of carbonyl (C=O) groups excluding carboxylic acids is 1. The van der Waals surface area contributed by atoms with Crippen molar-refractivity contribution in [3.05, 3.63) is 56.9 Å². The van der Waals surface area contributed by atoms with E-state index in [-0.39, 0.29) is 17.6 Å². The van der Waals surface area contributed by atoms with Crippen molar-refractivity contribution in [1.29, 1.82) is 0 Å². The largest absolute Gasteiger partial charge is 0.349 e. The number of nitrogens with zero attached hydrogens (tertiary/aromatic N) is 4. The molecule has 0 saturated heterocycles. The summed E-state index contributed by atoms with van der Waals surface area (Å²) in [6.07, 6.45) is 5.24. The Labute approximate surface area is 180 Å². The van der Waals surface area contributed by atoms with Gasteiger partial charge in [0.15, 0.2) is 5.65 Å². The Balaban J connectivity index is 1.40. The molecule has 1 aliphatic carbocycles. The highest BCUT2D eigenvalue weighted by molar-refractivity contribution is 6.30. The van der Waals surface area contributed by atoms with E-state index < -0.39 is 0 Å². The maximum Gasteiger partial charge on any atom is 0.330 e. The second-order valence-electron chi connectivity index (χ2n) is 8.23. The van der Waals surface area contributed by atoms with E-state index in [0.717, 1.165) is 42.5 Å². The predicted molar refractivity (Wildman–Crippen MR) is 117 cm³/mol. The molecule has 4 rings (SSSR count). The van der Waals surface area contributed by atoms with Gasteiger partial charge in [0.1, 0.15) is 0 Å². The standard InChI is InChI=1S/C22H26ClN5O2/c1-13-4-9-19-20(25-13)27(3)22(30)28(19)12-15-5-7-17(8-6-15)26-21(29)18-10-16(23)11-24-14(18)2/h4,9-11,15,17H,5-8,12H2,1-3H3,(H,26,29)/t15-,17-. The van der Waals surface area contributed by atoms with E-state index >= 15 is 0 Å². The first kappa shape index (κ1) is 20.6. The van der Waals surface area contributed by atoms with Crippen molar-refractivity contribution in [3.63, 3.8) is 0 Å². The molecule has 3 aromatic rings. The highest BCUT2D eigenvalue weighted by Crippen LogP contribution is 2.27. The Morgan fingerprint density at radius 2 is 1.97 bits per heavy atom. The molecular weight excluding hydrogens is 402 g/mol. The molecule has 1 aliphatic rings. The van der Waals surface area contributed by atoms with Crippen molar-refractivity contribution in [1.82, 2.24) is 24.4 Å². The number of nitrogens with one attached hydrogen (secondary N) is 1. The number of pyridine rings is 2. The minimum Gasteiger partial charge on any atom is -0.349 e. The van der Waals surface area contributed by atoms with Crippen molar-refractivity contribution in [3.8, 4) is 0 Å². The fraction of sp³-hybridized carbons (Fsp3) is 0.455. The van der Waals surface area contributed by atoms with Crippen LogP contribution in [0, 0.1) is 19.8 Å². The Bertz CT molecular complexity index is 1160. The summed E-state index contributed by atoms with van der Waals surface area (Å²) in [5, 5.41) is 3.58. The monoisotopic (exact) mass is 427 g/mol. The van der Waals surface area contributed by atoms with Crippen LogP contribution in [0.3, 0.4) is 0 Å². The van der Waals surface area contributed by atoms with E-state index in [1.54, 1.807) is 30.8 Å². The Kier molecular flexibility index (Phi) is 5.64. The molecule has 0 radical (unpaired) electrons. The molecule has 1 fully saturated rings.